The Labute approximate surface area is 210 Å². The number of fused-ring (bicyclic) bond motifs is 3. The largest absolute Gasteiger partial charge is 0.391 e. The van der Waals surface area contributed by atoms with Gasteiger partial charge >= 0.3 is 0 Å². The van der Waals surface area contributed by atoms with Gasteiger partial charge in [0.2, 0.25) is 0 Å². The Morgan fingerprint density at radius 1 is 0.882 bits per heavy atom. The summed E-state index contributed by atoms with van der Waals surface area (Å²) in [6, 6.07) is 22.0. The summed E-state index contributed by atoms with van der Waals surface area (Å²) in [5.41, 5.74) is 3.23. The van der Waals surface area contributed by atoms with Gasteiger partial charge in [0.1, 0.15) is 0 Å². The molecule has 3 atom stereocenters. The summed E-state index contributed by atoms with van der Waals surface area (Å²) >= 11 is 12.6. The van der Waals surface area contributed by atoms with Gasteiger partial charge < -0.3 is 14.8 Å². The van der Waals surface area contributed by atoms with Crippen molar-refractivity contribution < 1.29 is 10.2 Å². The van der Waals surface area contributed by atoms with Crippen molar-refractivity contribution in [3.8, 4) is 0 Å². The van der Waals surface area contributed by atoms with Crippen molar-refractivity contribution in [2.75, 3.05) is 6.54 Å². The number of hydrogen-bond donors (Lipinski definition) is 2. The van der Waals surface area contributed by atoms with Crippen LogP contribution in [0.5, 0.6) is 0 Å². The molecule has 1 aromatic heterocycles. The van der Waals surface area contributed by atoms with Gasteiger partial charge in [-0.15, -0.1) is 0 Å². The molecule has 1 saturated carbocycles. The number of aromatic nitrogens is 1. The van der Waals surface area contributed by atoms with E-state index >= 15 is 0 Å². The second-order valence-corrected chi connectivity index (χ2v) is 10.3. The second-order valence-electron chi connectivity index (χ2n) is 9.42. The van der Waals surface area contributed by atoms with E-state index in [9.17, 15) is 10.2 Å². The molecule has 6 heteroatoms. The first-order chi connectivity index (χ1) is 16.5. The van der Waals surface area contributed by atoms with E-state index in [0.717, 1.165) is 47.5 Å². The zero-order chi connectivity index (χ0) is 23.7. The highest BCUT2D eigenvalue weighted by molar-refractivity contribution is 6.33. The molecule has 0 aliphatic heterocycles. The maximum Gasteiger partial charge on any atom is 0.0846 e. The van der Waals surface area contributed by atoms with E-state index in [1.165, 1.54) is 5.56 Å². The smallest absolute Gasteiger partial charge is 0.0846 e. The van der Waals surface area contributed by atoms with Crippen molar-refractivity contribution in [3.05, 3.63) is 82.3 Å². The van der Waals surface area contributed by atoms with Crippen LogP contribution in [0, 0.1) is 0 Å². The van der Waals surface area contributed by atoms with Crippen molar-refractivity contribution >= 4 is 45.0 Å². The van der Waals surface area contributed by atoms with Crippen LogP contribution < -0.4 is 0 Å². The molecule has 2 N–H and O–H groups in total. The lowest BCUT2D eigenvalue weighted by molar-refractivity contribution is -0.00857. The van der Waals surface area contributed by atoms with E-state index in [0.29, 0.717) is 29.7 Å². The van der Waals surface area contributed by atoms with E-state index in [-0.39, 0.29) is 12.1 Å². The van der Waals surface area contributed by atoms with Crippen LogP contribution in [0.3, 0.4) is 0 Å². The van der Waals surface area contributed by atoms with Gasteiger partial charge in [0, 0.05) is 51.0 Å². The lowest BCUT2D eigenvalue weighted by Crippen LogP contribution is -2.48. The van der Waals surface area contributed by atoms with Gasteiger partial charge in [0.15, 0.2) is 0 Å². The van der Waals surface area contributed by atoms with Crippen molar-refractivity contribution in [1.82, 2.24) is 9.47 Å². The Morgan fingerprint density at radius 3 is 2.12 bits per heavy atom. The van der Waals surface area contributed by atoms with Crippen LogP contribution in [0.25, 0.3) is 21.8 Å². The normalized spacial score (nSPS) is 19.8. The number of rotatable bonds is 7. The number of benzene rings is 3. The minimum Gasteiger partial charge on any atom is -0.391 e. The standard InChI is InChI=1S/C28H30Cl2N2O2/c29-20-10-12-25-23(14-20)24-15-21(30)11-13-26(24)32(25)18-22(33)17-31(16-19-6-2-1-3-7-19)27-8-4-5-9-28(27)34/h1-3,6-7,10-15,22,27-28,33-34H,4-5,8-9,16-18H2/t22-,27+,28-/m1/s1. The predicted molar refractivity (Wildman–Crippen MR) is 141 cm³/mol. The van der Waals surface area contributed by atoms with Crippen LogP contribution in [0.15, 0.2) is 66.7 Å². The third-order valence-electron chi connectivity index (χ3n) is 7.02. The van der Waals surface area contributed by atoms with Gasteiger partial charge in [-0.2, -0.15) is 0 Å². The summed E-state index contributed by atoms with van der Waals surface area (Å²) in [6.07, 6.45) is 2.97. The number of halogens is 2. The van der Waals surface area contributed by atoms with Gasteiger partial charge in [-0.25, -0.2) is 0 Å². The molecule has 34 heavy (non-hydrogen) atoms. The first-order valence-electron chi connectivity index (χ1n) is 12.0. The quantitative estimate of drug-likeness (QED) is 0.317. The first kappa shape index (κ1) is 23.7. The molecule has 5 rings (SSSR count). The number of nitrogens with zero attached hydrogens (tertiary/aromatic N) is 2. The molecule has 1 heterocycles. The van der Waals surface area contributed by atoms with E-state index in [1.807, 2.05) is 54.6 Å². The van der Waals surface area contributed by atoms with Crippen LogP contribution in [-0.2, 0) is 13.1 Å². The fourth-order valence-electron chi connectivity index (χ4n) is 5.44. The molecule has 0 unspecified atom stereocenters. The van der Waals surface area contributed by atoms with Gasteiger partial charge in [0.25, 0.3) is 0 Å². The molecule has 4 aromatic rings. The van der Waals surface area contributed by atoms with E-state index < -0.39 is 6.10 Å². The molecular formula is C28H30Cl2N2O2. The molecule has 0 bridgehead atoms. The predicted octanol–water partition coefficient (Wildman–Crippen LogP) is 6.27. The molecule has 0 radical (unpaired) electrons. The van der Waals surface area contributed by atoms with Crippen molar-refractivity contribution in [2.45, 2.75) is 57.0 Å². The Morgan fingerprint density at radius 2 is 1.50 bits per heavy atom. The van der Waals surface area contributed by atoms with Gasteiger partial charge in [-0.05, 0) is 54.8 Å². The molecule has 0 amide bonds. The maximum absolute atomic E-state index is 11.3. The summed E-state index contributed by atoms with van der Waals surface area (Å²) in [6.45, 7) is 1.63. The van der Waals surface area contributed by atoms with Crippen molar-refractivity contribution in [3.63, 3.8) is 0 Å². The lowest BCUT2D eigenvalue weighted by Gasteiger charge is -2.38. The highest BCUT2D eigenvalue weighted by atomic mass is 35.5. The SMILES string of the molecule is O[C@H](CN(Cc1ccccc1)[C@H]1CCCC[C@H]1O)Cn1c2ccc(Cl)cc2c2cc(Cl)ccc21. The second kappa shape index (κ2) is 10.3. The van der Waals surface area contributed by atoms with Crippen LogP contribution in [-0.4, -0.2) is 44.5 Å². The zero-order valence-electron chi connectivity index (χ0n) is 19.1. The topological polar surface area (TPSA) is 48.6 Å². The number of aliphatic hydroxyl groups is 2. The summed E-state index contributed by atoms with van der Waals surface area (Å²) in [5, 5.41) is 25.5. The fourth-order valence-corrected chi connectivity index (χ4v) is 5.78. The highest BCUT2D eigenvalue weighted by Gasteiger charge is 2.30. The molecule has 0 saturated heterocycles. The zero-order valence-corrected chi connectivity index (χ0v) is 20.6. The molecule has 4 nitrogen and oxygen atoms in total. The Bertz CT molecular complexity index is 1210. The molecule has 178 valence electrons. The number of hydrogen-bond acceptors (Lipinski definition) is 3. The van der Waals surface area contributed by atoms with Gasteiger partial charge in [0.05, 0.1) is 18.8 Å². The number of aliphatic hydroxyl groups excluding tert-OH is 2. The molecule has 3 aromatic carbocycles. The minimum absolute atomic E-state index is 0.0550. The van der Waals surface area contributed by atoms with E-state index in [4.69, 9.17) is 23.2 Å². The van der Waals surface area contributed by atoms with Crippen molar-refractivity contribution in [2.24, 2.45) is 0 Å². The minimum atomic E-state index is -0.608. The highest BCUT2D eigenvalue weighted by Crippen LogP contribution is 2.33. The molecule has 1 aliphatic carbocycles. The fraction of sp³-hybridized carbons (Fsp3) is 0.357. The lowest BCUT2D eigenvalue weighted by atomic mass is 9.90. The summed E-state index contributed by atoms with van der Waals surface area (Å²) < 4.78 is 2.15. The third kappa shape index (κ3) is 4.98. The molecule has 1 fully saturated rings. The first-order valence-corrected chi connectivity index (χ1v) is 12.8. The summed E-state index contributed by atoms with van der Waals surface area (Å²) in [5.74, 6) is 0. The Kier molecular flexibility index (Phi) is 7.14. The summed E-state index contributed by atoms with van der Waals surface area (Å²) in [4.78, 5) is 2.27. The van der Waals surface area contributed by atoms with Crippen molar-refractivity contribution in [1.29, 1.82) is 0 Å². The molecular weight excluding hydrogens is 467 g/mol. The average molecular weight is 497 g/mol. The summed E-state index contributed by atoms with van der Waals surface area (Å²) in [7, 11) is 0. The van der Waals surface area contributed by atoms with Crippen LogP contribution in [0.4, 0.5) is 0 Å². The maximum atomic E-state index is 11.3. The third-order valence-corrected chi connectivity index (χ3v) is 7.49. The van der Waals surface area contributed by atoms with Crippen LogP contribution in [0.1, 0.15) is 31.2 Å². The average Bonchev–Trinajstić information content (AvgIpc) is 3.11. The van der Waals surface area contributed by atoms with Crippen LogP contribution in [0.2, 0.25) is 10.0 Å². The van der Waals surface area contributed by atoms with Gasteiger partial charge in [-0.1, -0.05) is 66.4 Å². The van der Waals surface area contributed by atoms with E-state index in [1.54, 1.807) is 0 Å². The monoisotopic (exact) mass is 496 g/mol. The Balaban J connectivity index is 1.44. The van der Waals surface area contributed by atoms with E-state index in [2.05, 4.69) is 21.6 Å². The van der Waals surface area contributed by atoms with Crippen LogP contribution >= 0.6 is 23.2 Å². The van der Waals surface area contributed by atoms with Gasteiger partial charge in [-0.3, -0.25) is 4.90 Å². The Hall–Kier alpha value is -2.08. The molecule has 1 aliphatic rings. The molecule has 0 spiro atoms.